The molecule has 0 heterocycles. The van der Waals surface area contributed by atoms with Crippen molar-refractivity contribution in [2.75, 3.05) is 33.5 Å². The van der Waals surface area contributed by atoms with Crippen LogP contribution in [0.4, 0.5) is 0 Å². The Morgan fingerprint density at radius 2 is 1.72 bits per heavy atom. The molecule has 0 aromatic rings. The SMILES string of the molecule is COCCCOCCOC1CCCCCCC1Br. The monoisotopic (exact) mass is 322 g/mol. The van der Waals surface area contributed by atoms with Gasteiger partial charge in [0.1, 0.15) is 0 Å². The molecule has 1 rings (SSSR count). The third-order valence-corrected chi connectivity index (χ3v) is 4.37. The summed E-state index contributed by atoms with van der Waals surface area (Å²) in [5.41, 5.74) is 0. The third kappa shape index (κ3) is 7.72. The van der Waals surface area contributed by atoms with Crippen molar-refractivity contribution in [3.05, 3.63) is 0 Å². The molecule has 18 heavy (non-hydrogen) atoms. The van der Waals surface area contributed by atoms with Gasteiger partial charge >= 0.3 is 0 Å². The van der Waals surface area contributed by atoms with E-state index in [-0.39, 0.29) is 0 Å². The number of hydrogen-bond donors (Lipinski definition) is 0. The van der Waals surface area contributed by atoms with Crippen molar-refractivity contribution in [1.29, 1.82) is 0 Å². The molecule has 1 aliphatic carbocycles. The zero-order valence-corrected chi connectivity index (χ0v) is 13.1. The molecular formula is C14H27BrO3. The number of methoxy groups -OCH3 is 1. The van der Waals surface area contributed by atoms with Crippen molar-refractivity contribution in [1.82, 2.24) is 0 Å². The molecule has 0 aliphatic heterocycles. The molecule has 1 aliphatic rings. The van der Waals surface area contributed by atoms with Crippen LogP contribution in [0.3, 0.4) is 0 Å². The van der Waals surface area contributed by atoms with Crippen molar-refractivity contribution < 1.29 is 14.2 Å². The average Bonchev–Trinajstić information content (AvgIpc) is 2.36. The van der Waals surface area contributed by atoms with Gasteiger partial charge in [-0.05, 0) is 19.3 Å². The molecule has 0 aromatic heterocycles. The molecule has 0 N–H and O–H groups in total. The third-order valence-electron chi connectivity index (χ3n) is 3.32. The topological polar surface area (TPSA) is 27.7 Å². The fourth-order valence-corrected chi connectivity index (χ4v) is 3.00. The highest BCUT2D eigenvalue weighted by Gasteiger charge is 2.20. The molecule has 2 unspecified atom stereocenters. The number of alkyl halides is 1. The molecule has 2 atom stereocenters. The number of ether oxygens (including phenoxy) is 3. The maximum atomic E-state index is 5.93. The molecule has 1 saturated carbocycles. The van der Waals surface area contributed by atoms with Gasteiger partial charge in [-0.15, -0.1) is 0 Å². The number of hydrogen-bond acceptors (Lipinski definition) is 3. The minimum absolute atomic E-state index is 0.368. The van der Waals surface area contributed by atoms with E-state index in [9.17, 15) is 0 Å². The first-order valence-corrected chi connectivity index (χ1v) is 8.08. The van der Waals surface area contributed by atoms with E-state index in [2.05, 4.69) is 15.9 Å². The van der Waals surface area contributed by atoms with Crippen LogP contribution in [0.25, 0.3) is 0 Å². The largest absolute Gasteiger partial charge is 0.385 e. The van der Waals surface area contributed by atoms with Crippen LogP contribution in [0.5, 0.6) is 0 Å². The molecule has 0 aromatic carbocycles. The maximum Gasteiger partial charge on any atom is 0.0704 e. The molecule has 0 spiro atoms. The highest BCUT2D eigenvalue weighted by atomic mass is 79.9. The zero-order valence-electron chi connectivity index (χ0n) is 11.5. The molecule has 1 fully saturated rings. The van der Waals surface area contributed by atoms with Crippen molar-refractivity contribution in [2.24, 2.45) is 0 Å². The zero-order chi connectivity index (χ0) is 13.1. The summed E-state index contributed by atoms with van der Waals surface area (Å²) < 4.78 is 16.4. The Balaban J connectivity index is 2.01. The van der Waals surface area contributed by atoms with Gasteiger partial charge in [-0.25, -0.2) is 0 Å². The summed E-state index contributed by atoms with van der Waals surface area (Å²) >= 11 is 3.76. The summed E-state index contributed by atoms with van der Waals surface area (Å²) in [6, 6.07) is 0. The molecule has 0 amide bonds. The Kier molecular flexibility index (Phi) is 10.2. The van der Waals surface area contributed by atoms with Crippen LogP contribution in [0, 0.1) is 0 Å². The Hall–Kier alpha value is 0.360. The summed E-state index contributed by atoms with van der Waals surface area (Å²) in [6.07, 6.45) is 9.09. The van der Waals surface area contributed by atoms with E-state index in [4.69, 9.17) is 14.2 Å². The van der Waals surface area contributed by atoms with E-state index >= 15 is 0 Å². The van der Waals surface area contributed by atoms with Crippen molar-refractivity contribution in [3.8, 4) is 0 Å². The van der Waals surface area contributed by atoms with E-state index in [1.165, 1.54) is 38.5 Å². The van der Waals surface area contributed by atoms with Gasteiger partial charge < -0.3 is 14.2 Å². The number of halogens is 1. The van der Waals surface area contributed by atoms with Crippen LogP contribution in [-0.2, 0) is 14.2 Å². The lowest BCUT2D eigenvalue weighted by atomic mass is 9.98. The van der Waals surface area contributed by atoms with E-state index in [1.54, 1.807) is 7.11 Å². The van der Waals surface area contributed by atoms with E-state index < -0.39 is 0 Å². The lowest BCUT2D eigenvalue weighted by Gasteiger charge is -2.25. The standard InChI is InChI=1S/C14H27BrO3/c1-16-9-6-10-17-11-12-18-14-8-5-3-2-4-7-13(14)15/h13-14H,2-12H2,1H3. The van der Waals surface area contributed by atoms with E-state index in [1.807, 2.05) is 0 Å². The first-order chi connectivity index (χ1) is 8.84. The predicted molar refractivity (Wildman–Crippen MR) is 77.5 cm³/mol. The predicted octanol–water partition coefficient (Wildman–Crippen LogP) is 3.54. The van der Waals surface area contributed by atoms with Gasteiger partial charge in [-0.3, -0.25) is 0 Å². The maximum absolute atomic E-state index is 5.93. The van der Waals surface area contributed by atoms with Crippen molar-refractivity contribution in [3.63, 3.8) is 0 Å². The van der Waals surface area contributed by atoms with Crippen LogP contribution in [0.2, 0.25) is 0 Å². The van der Waals surface area contributed by atoms with Crippen LogP contribution in [-0.4, -0.2) is 44.5 Å². The van der Waals surface area contributed by atoms with Crippen LogP contribution < -0.4 is 0 Å². The normalized spacial score (nSPS) is 25.7. The first-order valence-electron chi connectivity index (χ1n) is 7.17. The fraction of sp³-hybridized carbons (Fsp3) is 1.00. The minimum Gasteiger partial charge on any atom is -0.385 e. The second-order valence-corrected chi connectivity index (χ2v) is 6.05. The Morgan fingerprint density at radius 1 is 0.944 bits per heavy atom. The second-order valence-electron chi connectivity index (χ2n) is 4.88. The smallest absolute Gasteiger partial charge is 0.0704 e. The summed E-state index contributed by atoms with van der Waals surface area (Å²) in [4.78, 5) is 0.520. The summed E-state index contributed by atoms with van der Waals surface area (Å²) in [5.74, 6) is 0. The van der Waals surface area contributed by atoms with Gasteiger partial charge in [0.25, 0.3) is 0 Å². The quantitative estimate of drug-likeness (QED) is 0.505. The van der Waals surface area contributed by atoms with E-state index in [0.717, 1.165) is 19.6 Å². The van der Waals surface area contributed by atoms with Crippen LogP contribution >= 0.6 is 15.9 Å². The molecular weight excluding hydrogens is 296 g/mol. The molecule has 4 heteroatoms. The molecule has 0 bridgehead atoms. The van der Waals surface area contributed by atoms with Gasteiger partial charge in [-0.2, -0.15) is 0 Å². The Bertz CT molecular complexity index is 190. The van der Waals surface area contributed by atoms with Gasteiger partial charge in [0, 0.05) is 25.2 Å². The molecule has 3 nitrogen and oxygen atoms in total. The highest BCUT2D eigenvalue weighted by Crippen LogP contribution is 2.25. The lowest BCUT2D eigenvalue weighted by Crippen LogP contribution is -2.27. The number of rotatable bonds is 8. The Morgan fingerprint density at radius 3 is 2.50 bits per heavy atom. The molecule has 0 radical (unpaired) electrons. The highest BCUT2D eigenvalue weighted by molar-refractivity contribution is 9.09. The average molecular weight is 323 g/mol. The molecule has 108 valence electrons. The summed E-state index contributed by atoms with van der Waals surface area (Å²) in [5, 5.41) is 0. The lowest BCUT2D eigenvalue weighted by molar-refractivity contribution is -0.00483. The van der Waals surface area contributed by atoms with Crippen LogP contribution in [0.15, 0.2) is 0 Å². The minimum atomic E-state index is 0.368. The van der Waals surface area contributed by atoms with Crippen molar-refractivity contribution >= 4 is 15.9 Å². The summed E-state index contributed by atoms with van der Waals surface area (Å²) in [6.45, 7) is 2.94. The van der Waals surface area contributed by atoms with Crippen LogP contribution in [0.1, 0.15) is 44.9 Å². The van der Waals surface area contributed by atoms with E-state index in [0.29, 0.717) is 24.1 Å². The van der Waals surface area contributed by atoms with Gasteiger partial charge in [0.15, 0.2) is 0 Å². The fourth-order valence-electron chi connectivity index (χ4n) is 2.26. The van der Waals surface area contributed by atoms with Gasteiger partial charge in [0.05, 0.1) is 19.3 Å². The van der Waals surface area contributed by atoms with Crippen molar-refractivity contribution in [2.45, 2.75) is 55.9 Å². The summed E-state index contributed by atoms with van der Waals surface area (Å²) in [7, 11) is 1.72. The van der Waals surface area contributed by atoms with Gasteiger partial charge in [-0.1, -0.05) is 41.6 Å². The Labute approximate surface area is 120 Å². The first kappa shape index (κ1) is 16.4. The second kappa shape index (κ2) is 11.2. The molecule has 0 saturated heterocycles. The van der Waals surface area contributed by atoms with Gasteiger partial charge in [0.2, 0.25) is 0 Å².